The van der Waals surface area contributed by atoms with Crippen molar-refractivity contribution in [2.75, 3.05) is 5.73 Å². The SMILES string of the molecule is CCCc1nnsc1C(=O)NCc1cccc(N)c1C. The highest BCUT2D eigenvalue weighted by Gasteiger charge is 2.15. The first-order chi connectivity index (χ1) is 9.63. The molecule has 1 aromatic carbocycles. The summed E-state index contributed by atoms with van der Waals surface area (Å²) in [5, 5.41) is 6.91. The Morgan fingerprint density at radius 2 is 2.25 bits per heavy atom. The van der Waals surface area contributed by atoms with Crippen LogP contribution in [0.25, 0.3) is 0 Å². The van der Waals surface area contributed by atoms with Crippen LogP contribution in [0.15, 0.2) is 18.2 Å². The lowest BCUT2D eigenvalue weighted by Crippen LogP contribution is -2.23. The Kier molecular flexibility index (Phi) is 4.68. The van der Waals surface area contributed by atoms with E-state index in [1.165, 1.54) is 0 Å². The monoisotopic (exact) mass is 290 g/mol. The average molecular weight is 290 g/mol. The third-order valence-electron chi connectivity index (χ3n) is 3.18. The van der Waals surface area contributed by atoms with E-state index in [9.17, 15) is 4.79 Å². The molecule has 2 aromatic rings. The number of nitrogens with zero attached hydrogens (tertiary/aromatic N) is 2. The maximum atomic E-state index is 12.2. The second-order valence-electron chi connectivity index (χ2n) is 4.61. The number of hydrogen-bond donors (Lipinski definition) is 2. The van der Waals surface area contributed by atoms with Gasteiger partial charge >= 0.3 is 0 Å². The van der Waals surface area contributed by atoms with Crippen LogP contribution in [0.3, 0.4) is 0 Å². The van der Waals surface area contributed by atoms with Gasteiger partial charge in [0.1, 0.15) is 4.88 Å². The summed E-state index contributed by atoms with van der Waals surface area (Å²) in [6.07, 6.45) is 1.72. The number of benzene rings is 1. The summed E-state index contributed by atoms with van der Waals surface area (Å²) < 4.78 is 3.86. The largest absolute Gasteiger partial charge is 0.399 e. The third-order valence-corrected chi connectivity index (χ3v) is 3.94. The number of nitrogen functional groups attached to an aromatic ring is 1. The molecular weight excluding hydrogens is 272 g/mol. The van der Waals surface area contributed by atoms with Crippen molar-refractivity contribution in [1.82, 2.24) is 14.9 Å². The molecule has 6 heteroatoms. The van der Waals surface area contributed by atoms with Gasteiger partial charge in [0.2, 0.25) is 0 Å². The fraction of sp³-hybridized carbons (Fsp3) is 0.357. The summed E-state index contributed by atoms with van der Waals surface area (Å²) in [7, 11) is 0. The van der Waals surface area contributed by atoms with Crippen LogP contribution >= 0.6 is 11.5 Å². The standard InChI is InChI=1S/C14H18N4OS/c1-3-5-12-13(20-18-17-12)14(19)16-8-10-6-4-7-11(15)9(10)2/h4,6-7H,3,5,8,15H2,1-2H3,(H,16,19). The van der Waals surface area contributed by atoms with Crippen LogP contribution in [-0.2, 0) is 13.0 Å². The Labute approximate surface area is 122 Å². The maximum Gasteiger partial charge on any atom is 0.265 e. The summed E-state index contributed by atoms with van der Waals surface area (Å²) >= 11 is 1.14. The normalized spacial score (nSPS) is 10.5. The van der Waals surface area contributed by atoms with Crippen LogP contribution in [-0.4, -0.2) is 15.5 Å². The molecule has 0 radical (unpaired) electrons. The van der Waals surface area contributed by atoms with E-state index >= 15 is 0 Å². The molecule has 1 aromatic heterocycles. The van der Waals surface area contributed by atoms with Crippen LogP contribution < -0.4 is 11.1 Å². The number of aromatic nitrogens is 2. The number of carbonyl (C=O) groups excluding carboxylic acids is 1. The molecule has 20 heavy (non-hydrogen) atoms. The predicted octanol–water partition coefficient (Wildman–Crippen LogP) is 2.31. The van der Waals surface area contributed by atoms with Gasteiger partial charge in [0.15, 0.2) is 0 Å². The second-order valence-corrected chi connectivity index (χ2v) is 5.37. The lowest BCUT2D eigenvalue weighted by molar-refractivity contribution is 0.0954. The lowest BCUT2D eigenvalue weighted by atomic mass is 10.1. The number of rotatable bonds is 5. The molecule has 106 valence electrons. The van der Waals surface area contributed by atoms with Crippen molar-refractivity contribution >= 4 is 23.1 Å². The van der Waals surface area contributed by atoms with E-state index in [0.717, 1.165) is 46.9 Å². The highest BCUT2D eigenvalue weighted by molar-refractivity contribution is 7.08. The fourth-order valence-electron chi connectivity index (χ4n) is 1.93. The molecule has 1 amide bonds. The molecule has 2 rings (SSSR count). The molecule has 3 N–H and O–H groups in total. The number of aryl methyl sites for hydroxylation is 1. The zero-order valence-electron chi connectivity index (χ0n) is 11.6. The molecule has 0 spiro atoms. The Hall–Kier alpha value is -1.95. The van der Waals surface area contributed by atoms with Gasteiger partial charge in [0, 0.05) is 12.2 Å². The van der Waals surface area contributed by atoms with Gasteiger partial charge in [-0.2, -0.15) is 0 Å². The number of nitrogens with two attached hydrogens (primary N) is 1. The molecule has 0 saturated carbocycles. The average Bonchev–Trinajstić information content (AvgIpc) is 2.89. The molecule has 0 aliphatic heterocycles. The van der Waals surface area contributed by atoms with E-state index in [1.807, 2.05) is 25.1 Å². The maximum absolute atomic E-state index is 12.2. The number of anilines is 1. The Balaban J connectivity index is 2.05. The number of carbonyl (C=O) groups is 1. The van der Waals surface area contributed by atoms with Crippen molar-refractivity contribution in [3.8, 4) is 0 Å². The van der Waals surface area contributed by atoms with Crippen molar-refractivity contribution in [2.45, 2.75) is 33.2 Å². The molecule has 5 nitrogen and oxygen atoms in total. The molecule has 0 bridgehead atoms. The first-order valence-electron chi connectivity index (χ1n) is 6.56. The smallest absolute Gasteiger partial charge is 0.265 e. The van der Waals surface area contributed by atoms with Crippen LogP contribution in [0.1, 0.15) is 39.8 Å². The Morgan fingerprint density at radius 1 is 1.45 bits per heavy atom. The quantitative estimate of drug-likeness (QED) is 0.828. The van der Waals surface area contributed by atoms with Crippen molar-refractivity contribution < 1.29 is 4.79 Å². The lowest BCUT2D eigenvalue weighted by Gasteiger charge is -2.09. The van der Waals surface area contributed by atoms with Gasteiger partial charge in [-0.25, -0.2) is 0 Å². The molecule has 1 heterocycles. The fourth-order valence-corrected chi connectivity index (χ4v) is 2.56. The van der Waals surface area contributed by atoms with Crippen molar-refractivity contribution in [1.29, 1.82) is 0 Å². The topological polar surface area (TPSA) is 80.9 Å². The van der Waals surface area contributed by atoms with Gasteiger partial charge in [-0.3, -0.25) is 4.79 Å². The third kappa shape index (κ3) is 3.14. The summed E-state index contributed by atoms with van der Waals surface area (Å²) in [6, 6.07) is 5.71. The molecule has 0 aliphatic carbocycles. The second kappa shape index (κ2) is 6.47. The van der Waals surface area contributed by atoms with E-state index in [2.05, 4.69) is 21.8 Å². The minimum absolute atomic E-state index is 0.120. The van der Waals surface area contributed by atoms with E-state index in [1.54, 1.807) is 0 Å². The van der Waals surface area contributed by atoms with Gasteiger partial charge < -0.3 is 11.1 Å². The number of hydrogen-bond acceptors (Lipinski definition) is 5. The van der Waals surface area contributed by atoms with Gasteiger partial charge in [-0.1, -0.05) is 30.0 Å². The summed E-state index contributed by atoms with van der Waals surface area (Å²) in [6.45, 7) is 4.46. The molecule has 0 atom stereocenters. The van der Waals surface area contributed by atoms with Crippen molar-refractivity contribution in [3.05, 3.63) is 39.9 Å². The van der Waals surface area contributed by atoms with Gasteiger partial charge in [0.05, 0.1) is 5.69 Å². The molecule has 0 aliphatic rings. The summed E-state index contributed by atoms with van der Waals surface area (Å²) in [5.74, 6) is -0.120. The van der Waals surface area contributed by atoms with Crippen molar-refractivity contribution in [3.63, 3.8) is 0 Å². The van der Waals surface area contributed by atoms with Crippen LogP contribution in [0.5, 0.6) is 0 Å². The van der Waals surface area contributed by atoms with Gasteiger partial charge in [-0.05, 0) is 42.1 Å². The van der Waals surface area contributed by atoms with E-state index in [4.69, 9.17) is 5.73 Å². The van der Waals surface area contributed by atoms with Crippen LogP contribution in [0, 0.1) is 6.92 Å². The molecular formula is C14H18N4OS. The van der Waals surface area contributed by atoms with Crippen molar-refractivity contribution in [2.24, 2.45) is 0 Å². The van der Waals surface area contributed by atoms with E-state index in [-0.39, 0.29) is 5.91 Å². The zero-order chi connectivity index (χ0) is 14.5. The number of nitrogens with one attached hydrogen (secondary N) is 1. The molecule has 0 fully saturated rings. The Bertz CT molecular complexity index is 609. The van der Waals surface area contributed by atoms with Gasteiger partial charge in [-0.15, -0.1) is 5.10 Å². The molecule has 0 unspecified atom stereocenters. The summed E-state index contributed by atoms with van der Waals surface area (Å²) in [4.78, 5) is 12.8. The van der Waals surface area contributed by atoms with Crippen LogP contribution in [0.4, 0.5) is 5.69 Å². The first-order valence-corrected chi connectivity index (χ1v) is 7.34. The highest BCUT2D eigenvalue weighted by Crippen LogP contribution is 2.16. The van der Waals surface area contributed by atoms with Gasteiger partial charge in [0.25, 0.3) is 5.91 Å². The van der Waals surface area contributed by atoms with Crippen LogP contribution in [0.2, 0.25) is 0 Å². The minimum Gasteiger partial charge on any atom is -0.399 e. The number of amides is 1. The van der Waals surface area contributed by atoms with E-state index < -0.39 is 0 Å². The Morgan fingerprint density at radius 3 is 3.00 bits per heavy atom. The molecule has 0 saturated heterocycles. The highest BCUT2D eigenvalue weighted by atomic mass is 32.1. The predicted molar refractivity (Wildman–Crippen MR) is 80.7 cm³/mol. The summed E-state index contributed by atoms with van der Waals surface area (Å²) in [5.41, 5.74) is 9.40. The van der Waals surface area contributed by atoms with E-state index in [0.29, 0.717) is 11.4 Å². The zero-order valence-corrected chi connectivity index (χ0v) is 12.5. The first kappa shape index (κ1) is 14.5. The minimum atomic E-state index is -0.120.